The van der Waals surface area contributed by atoms with Crippen LogP contribution < -0.4 is 10.6 Å². The molecule has 0 radical (unpaired) electrons. The Bertz CT molecular complexity index is 692. The topological polar surface area (TPSA) is 90.7 Å². The molecule has 0 saturated heterocycles. The average Bonchev–Trinajstić information content (AvgIpc) is 2.51. The molecule has 0 bridgehead atoms. The summed E-state index contributed by atoms with van der Waals surface area (Å²) < 4.78 is 0.902. The third-order valence-corrected chi connectivity index (χ3v) is 2.91. The number of carbonyl (C=O) groups is 1. The molecule has 0 atom stereocenters. The van der Waals surface area contributed by atoms with Crippen molar-refractivity contribution in [1.82, 2.24) is 9.97 Å². The molecule has 6 nitrogen and oxygen atoms in total. The van der Waals surface area contributed by atoms with Gasteiger partial charge in [-0.2, -0.15) is 5.26 Å². The maximum absolute atomic E-state index is 12.0. The fourth-order valence-corrected chi connectivity index (χ4v) is 1.65. The van der Waals surface area contributed by atoms with E-state index in [1.807, 2.05) is 6.07 Å². The van der Waals surface area contributed by atoms with Crippen molar-refractivity contribution in [2.75, 3.05) is 10.6 Å². The average molecular weight is 344 g/mol. The molecular weight excluding hydrogens is 334 g/mol. The number of nitrogens with one attached hydrogen (secondary N) is 2. The van der Waals surface area contributed by atoms with Crippen LogP contribution in [-0.4, -0.2) is 15.9 Å². The highest BCUT2D eigenvalue weighted by molar-refractivity contribution is 9.10. The highest BCUT2D eigenvalue weighted by Gasteiger charge is 2.09. The van der Waals surface area contributed by atoms with Gasteiger partial charge in [0, 0.05) is 28.8 Å². The number of amides is 1. The monoisotopic (exact) mass is 343 g/mol. The Balaban J connectivity index is 2.05. The Morgan fingerprint density at radius 1 is 1.24 bits per heavy atom. The van der Waals surface area contributed by atoms with E-state index in [1.54, 1.807) is 42.7 Å². The van der Waals surface area contributed by atoms with E-state index < -0.39 is 5.91 Å². The molecule has 1 heterocycles. The zero-order valence-electron chi connectivity index (χ0n) is 10.7. The van der Waals surface area contributed by atoms with Gasteiger partial charge in [-0.3, -0.25) is 4.79 Å². The normalized spacial score (nSPS) is 10.6. The van der Waals surface area contributed by atoms with Crippen molar-refractivity contribution >= 4 is 33.5 Å². The Morgan fingerprint density at radius 3 is 2.52 bits per heavy atom. The van der Waals surface area contributed by atoms with Crippen LogP contribution >= 0.6 is 15.9 Å². The first-order chi connectivity index (χ1) is 10.2. The van der Waals surface area contributed by atoms with Gasteiger partial charge in [0.2, 0.25) is 5.95 Å². The van der Waals surface area contributed by atoms with Gasteiger partial charge in [0.1, 0.15) is 11.6 Å². The largest absolute Gasteiger partial charge is 0.329 e. The van der Waals surface area contributed by atoms with Crippen molar-refractivity contribution in [3.05, 3.63) is 59.0 Å². The van der Waals surface area contributed by atoms with Gasteiger partial charge < -0.3 is 10.6 Å². The highest BCUT2D eigenvalue weighted by atomic mass is 79.9. The van der Waals surface area contributed by atoms with Gasteiger partial charge in [0.25, 0.3) is 5.91 Å². The van der Waals surface area contributed by atoms with E-state index in [1.165, 1.54) is 6.20 Å². The maximum Gasteiger partial charge on any atom is 0.267 e. The van der Waals surface area contributed by atoms with Crippen LogP contribution in [0.25, 0.3) is 0 Å². The van der Waals surface area contributed by atoms with Crippen LogP contribution in [0.5, 0.6) is 0 Å². The lowest BCUT2D eigenvalue weighted by Crippen LogP contribution is -2.14. The van der Waals surface area contributed by atoms with Gasteiger partial charge in [-0.05, 0) is 30.3 Å². The zero-order chi connectivity index (χ0) is 15.1. The smallest absolute Gasteiger partial charge is 0.267 e. The molecule has 1 amide bonds. The predicted octanol–water partition coefficient (Wildman–Crippen LogP) is 2.70. The molecule has 0 unspecified atom stereocenters. The van der Waals surface area contributed by atoms with Crippen LogP contribution in [-0.2, 0) is 4.79 Å². The number of anilines is 2. The molecule has 2 N–H and O–H groups in total. The zero-order valence-corrected chi connectivity index (χ0v) is 12.3. The molecule has 2 rings (SSSR count). The Hall–Kier alpha value is -2.72. The summed E-state index contributed by atoms with van der Waals surface area (Å²) in [7, 11) is 0. The highest BCUT2D eigenvalue weighted by Crippen LogP contribution is 2.14. The summed E-state index contributed by atoms with van der Waals surface area (Å²) in [5.41, 5.74) is 0.519. The van der Waals surface area contributed by atoms with Crippen molar-refractivity contribution in [2.45, 2.75) is 0 Å². The van der Waals surface area contributed by atoms with E-state index in [0.29, 0.717) is 11.6 Å². The molecule has 0 aliphatic heterocycles. The van der Waals surface area contributed by atoms with E-state index in [0.717, 1.165) is 4.47 Å². The minimum Gasteiger partial charge on any atom is -0.329 e. The lowest BCUT2D eigenvalue weighted by Gasteiger charge is -2.04. The summed E-state index contributed by atoms with van der Waals surface area (Å²) in [6, 6.07) is 10.5. The van der Waals surface area contributed by atoms with E-state index in [9.17, 15) is 4.79 Å². The number of carbonyl (C=O) groups excluding carboxylic acids is 1. The molecular formula is C14H10BrN5O. The maximum atomic E-state index is 12.0. The summed E-state index contributed by atoms with van der Waals surface area (Å²) >= 11 is 3.30. The molecule has 104 valence electrons. The fraction of sp³-hybridized carbons (Fsp3) is 0. The van der Waals surface area contributed by atoms with Gasteiger partial charge in [-0.15, -0.1) is 0 Å². The lowest BCUT2D eigenvalue weighted by atomic mass is 10.2. The van der Waals surface area contributed by atoms with Crippen molar-refractivity contribution < 1.29 is 4.79 Å². The van der Waals surface area contributed by atoms with Gasteiger partial charge >= 0.3 is 0 Å². The van der Waals surface area contributed by atoms with E-state index >= 15 is 0 Å². The number of aromatic nitrogens is 2. The molecule has 1 aromatic heterocycles. The first-order valence-electron chi connectivity index (χ1n) is 5.90. The second-order valence-corrected chi connectivity index (χ2v) is 4.76. The van der Waals surface area contributed by atoms with Gasteiger partial charge in [-0.1, -0.05) is 15.9 Å². The van der Waals surface area contributed by atoms with Crippen LogP contribution in [0.15, 0.2) is 59.0 Å². The van der Waals surface area contributed by atoms with Crippen molar-refractivity contribution in [1.29, 1.82) is 5.26 Å². The number of nitriles is 1. The number of hydrogen-bond acceptors (Lipinski definition) is 5. The molecule has 0 aliphatic carbocycles. The van der Waals surface area contributed by atoms with E-state index in [2.05, 4.69) is 36.5 Å². The van der Waals surface area contributed by atoms with Gasteiger partial charge in [-0.25, -0.2) is 9.97 Å². The Labute approximate surface area is 129 Å². The quantitative estimate of drug-likeness (QED) is 0.657. The molecule has 0 aliphatic rings. The van der Waals surface area contributed by atoms with Crippen molar-refractivity contribution in [2.24, 2.45) is 0 Å². The van der Waals surface area contributed by atoms with Crippen LogP contribution in [0, 0.1) is 11.3 Å². The second kappa shape index (κ2) is 7.17. The number of hydrogen-bond donors (Lipinski definition) is 2. The number of halogens is 1. The van der Waals surface area contributed by atoms with Crippen LogP contribution in [0.2, 0.25) is 0 Å². The second-order valence-electron chi connectivity index (χ2n) is 3.85. The molecule has 0 spiro atoms. The molecule has 0 fully saturated rings. The molecule has 21 heavy (non-hydrogen) atoms. The van der Waals surface area contributed by atoms with E-state index in [4.69, 9.17) is 5.26 Å². The molecule has 2 aromatic rings. The fourth-order valence-electron chi connectivity index (χ4n) is 1.39. The molecule has 1 aromatic carbocycles. The minimum atomic E-state index is -0.511. The third-order valence-electron chi connectivity index (χ3n) is 2.38. The van der Waals surface area contributed by atoms with Crippen LogP contribution in [0.1, 0.15) is 0 Å². The Kier molecular flexibility index (Phi) is 5.01. The summed E-state index contributed by atoms with van der Waals surface area (Å²) in [6.07, 6.45) is 4.37. The summed E-state index contributed by atoms with van der Waals surface area (Å²) in [5.74, 6) is -0.204. The Morgan fingerprint density at radius 2 is 1.90 bits per heavy atom. The van der Waals surface area contributed by atoms with Crippen molar-refractivity contribution in [3.8, 4) is 6.07 Å². The summed E-state index contributed by atoms with van der Waals surface area (Å²) in [6.45, 7) is 0. The first kappa shape index (κ1) is 14.7. The molecule has 0 saturated carbocycles. The number of nitrogens with zero attached hydrogens (tertiary/aromatic N) is 3. The van der Waals surface area contributed by atoms with Crippen LogP contribution in [0.3, 0.4) is 0 Å². The van der Waals surface area contributed by atoms with Gasteiger partial charge in [0.15, 0.2) is 0 Å². The standard InChI is InChI=1S/C14H10BrN5O/c15-11-2-4-12(5-3-11)20-13(21)10(8-16)9-19-14-17-6-1-7-18-14/h1-7,9H,(H,20,21)(H,17,18,19)/b10-9-. The number of rotatable bonds is 4. The number of benzene rings is 1. The molecule has 7 heteroatoms. The van der Waals surface area contributed by atoms with E-state index in [-0.39, 0.29) is 5.57 Å². The minimum absolute atomic E-state index is 0.0784. The third kappa shape index (κ3) is 4.40. The van der Waals surface area contributed by atoms with Crippen LogP contribution in [0.4, 0.5) is 11.6 Å². The summed E-state index contributed by atoms with van der Waals surface area (Å²) in [5, 5.41) is 14.4. The van der Waals surface area contributed by atoms with Crippen molar-refractivity contribution in [3.63, 3.8) is 0 Å². The SMILES string of the molecule is N#C/C(=C/Nc1ncccn1)C(=O)Nc1ccc(Br)cc1. The predicted molar refractivity (Wildman–Crippen MR) is 82.1 cm³/mol. The summed E-state index contributed by atoms with van der Waals surface area (Å²) in [4.78, 5) is 19.8. The lowest BCUT2D eigenvalue weighted by molar-refractivity contribution is -0.112. The first-order valence-corrected chi connectivity index (χ1v) is 6.69. The van der Waals surface area contributed by atoms with Gasteiger partial charge in [0.05, 0.1) is 0 Å².